The molecule has 0 aliphatic carbocycles. The summed E-state index contributed by atoms with van der Waals surface area (Å²) in [6.45, 7) is 0.195. The summed E-state index contributed by atoms with van der Waals surface area (Å²) in [6.07, 6.45) is -3.08. The van der Waals surface area contributed by atoms with Crippen molar-refractivity contribution in [1.82, 2.24) is 25.0 Å². The maximum absolute atomic E-state index is 14.3. The number of rotatable bonds is 5. The number of halogens is 4. The summed E-state index contributed by atoms with van der Waals surface area (Å²) < 4.78 is 59.2. The van der Waals surface area contributed by atoms with Crippen molar-refractivity contribution in [2.24, 2.45) is 0 Å². The number of benzene rings is 1. The normalized spacial score (nSPS) is 11.7. The summed E-state index contributed by atoms with van der Waals surface area (Å²) in [7, 11) is 0. The SMILES string of the molecule is Fc1ccccc1-c1nnc(Sc2ccc(C(F)(F)F)nn2)n1Cc1ccco1. The lowest BCUT2D eigenvalue weighted by molar-refractivity contribution is -0.141. The molecule has 3 heterocycles. The zero-order chi connectivity index (χ0) is 20.4. The number of hydrogen-bond donors (Lipinski definition) is 0. The number of hydrogen-bond acceptors (Lipinski definition) is 6. The molecule has 0 aliphatic heterocycles. The van der Waals surface area contributed by atoms with Gasteiger partial charge < -0.3 is 4.42 Å². The van der Waals surface area contributed by atoms with Crippen molar-refractivity contribution in [3.8, 4) is 11.4 Å². The minimum atomic E-state index is -4.58. The third kappa shape index (κ3) is 4.14. The Morgan fingerprint density at radius 2 is 1.76 bits per heavy atom. The molecule has 6 nitrogen and oxygen atoms in total. The first-order valence-corrected chi connectivity index (χ1v) is 9.03. The highest BCUT2D eigenvalue weighted by atomic mass is 32.2. The Kier molecular flexibility index (Phi) is 5.05. The maximum Gasteiger partial charge on any atom is 0.435 e. The zero-order valence-corrected chi connectivity index (χ0v) is 15.3. The Hall–Kier alpha value is -3.21. The van der Waals surface area contributed by atoms with E-state index in [-0.39, 0.29) is 23.0 Å². The molecule has 0 atom stereocenters. The molecule has 0 radical (unpaired) electrons. The molecule has 4 rings (SSSR count). The summed E-state index contributed by atoms with van der Waals surface area (Å²) in [5.74, 6) is 0.344. The van der Waals surface area contributed by atoms with E-state index in [1.54, 1.807) is 34.9 Å². The Morgan fingerprint density at radius 3 is 2.41 bits per heavy atom. The van der Waals surface area contributed by atoms with Crippen molar-refractivity contribution in [3.05, 3.63) is 72.1 Å². The lowest BCUT2D eigenvalue weighted by Crippen LogP contribution is -2.09. The van der Waals surface area contributed by atoms with Crippen LogP contribution in [-0.2, 0) is 12.7 Å². The molecule has 0 amide bonds. The van der Waals surface area contributed by atoms with Gasteiger partial charge in [-0.3, -0.25) is 4.57 Å². The van der Waals surface area contributed by atoms with E-state index >= 15 is 0 Å². The maximum atomic E-state index is 14.3. The first-order chi connectivity index (χ1) is 13.9. The van der Waals surface area contributed by atoms with Crippen LogP contribution in [0.4, 0.5) is 17.6 Å². The summed E-state index contributed by atoms with van der Waals surface area (Å²) in [6, 6.07) is 11.5. The highest BCUT2D eigenvalue weighted by Crippen LogP contribution is 2.32. The molecule has 3 aromatic heterocycles. The highest BCUT2D eigenvalue weighted by Gasteiger charge is 2.33. The second-order valence-corrected chi connectivity index (χ2v) is 6.80. The van der Waals surface area contributed by atoms with Gasteiger partial charge in [-0.05, 0) is 48.2 Å². The van der Waals surface area contributed by atoms with Gasteiger partial charge in [0.2, 0.25) is 0 Å². The van der Waals surface area contributed by atoms with Gasteiger partial charge in [0.05, 0.1) is 18.4 Å². The molecule has 0 spiro atoms. The fraction of sp³-hybridized carbons (Fsp3) is 0.111. The van der Waals surface area contributed by atoms with Crippen LogP contribution in [0, 0.1) is 5.82 Å². The second-order valence-electron chi connectivity index (χ2n) is 5.81. The molecule has 1 aromatic carbocycles. The minimum absolute atomic E-state index is 0.186. The van der Waals surface area contributed by atoms with Crippen molar-refractivity contribution in [2.45, 2.75) is 22.9 Å². The van der Waals surface area contributed by atoms with Gasteiger partial charge in [0, 0.05) is 0 Å². The van der Waals surface area contributed by atoms with Gasteiger partial charge in [-0.15, -0.1) is 20.4 Å². The largest absolute Gasteiger partial charge is 0.467 e. The summed E-state index contributed by atoms with van der Waals surface area (Å²) in [4.78, 5) is 0. The van der Waals surface area contributed by atoms with E-state index in [0.717, 1.165) is 17.8 Å². The van der Waals surface area contributed by atoms with E-state index in [4.69, 9.17) is 4.42 Å². The number of aromatic nitrogens is 5. The quantitative estimate of drug-likeness (QED) is 0.436. The van der Waals surface area contributed by atoms with Crippen molar-refractivity contribution in [1.29, 1.82) is 0 Å². The van der Waals surface area contributed by atoms with Crippen LogP contribution >= 0.6 is 11.8 Å². The Balaban J connectivity index is 1.70. The molecule has 11 heteroatoms. The summed E-state index contributed by atoms with van der Waals surface area (Å²) in [5, 5.41) is 15.4. The predicted octanol–water partition coefficient (Wildman–Crippen LogP) is 4.69. The molecule has 0 aliphatic rings. The molecule has 148 valence electrons. The topological polar surface area (TPSA) is 69.6 Å². The average molecular weight is 421 g/mol. The van der Waals surface area contributed by atoms with Gasteiger partial charge in [-0.25, -0.2) is 4.39 Å². The smallest absolute Gasteiger partial charge is 0.435 e. The lowest BCUT2D eigenvalue weighted by Gasteiger charge is -2.09. The predicted molar refractivity (Wildman–Crippen MR) is 94.4 cm³/mol. The van der Waals surface area contributed by atoms with Crippen molar-refractivity contribution >= 4 is 11.8 Å². The highest BCUT2D eigenvalue weighted by molar-refractivity contribution is 7.99. The van der Waals surface area contributed by atoms with Gasteiger partial charge in [0.15, 0.2) is 16.7 Å². The van der Waals surface area contributed by atoms with E-state index < -0.39 is 17.7 Å². The lowest BCUT2D eigenvalue weighted by atomic mass is 10.2. The molecule has 29 heavy (non-hydrogen) atoms. The van der Waals surface area contributed by atoms with Crippen LogP contribution in [0.25, 0.3) is 11.4 Å². The van der Waals surface area contributed by atoms with Crippen molar-refractivity contribution in [2.75, 3.05) is 0 Å². The molecule has 0 unspecified atom stereocenters. The van der Waals surface area contributed by atoms with E-state index in [1.807, 2.05) is 0 Å². The van der Waals surface area contributed by atoms with Crippen molar-refractivity contribution < 1.29 is 22.0 Å². The van der Waals surface area contributed by atoms with Crippen LogP contribution in [-0.4, -0.2) is 25.0 Å². The first kappa shape index (κ1) is 19.1. The van der Waals surface area contributed by atoms with Crippen molar-refractivity contribution in [3.63, 3.8) is 0 Å². The van der Waals surface area contributed by atoms with Crippen LogP contribution in [0.5, 0.6) is 0 Å². The summed E-state index contributed by atoms with van der Waals surface area (Å²) in [5.41, 5.74) is -0.858. The second kappa shape index (κ2) is 7.66. The van der Waals surface area contributed by atoms with Crippen LogP contribution in [0.2, 0.25) is 0 Å². The number of nitrogens with zero attached hydrogens (tertiary/aromatic N) is 5. The Labute approximate surface area is 165 Å². The van der Waals surface area contributed by atoms with Gasteiger partial charge in [0.1, 0.15) is 16.6 Å². The van der Waals surface area contributed by atoms with E-state index in [2.05, 4.69) is 20.4 Å². The molecule has 0 bridgehead atoms. The third-order valence-electron chi connectivity index (χ3n) is 3.85. The molecule has 0 saturated carbocycles. The first-order valence-electron chi connectivity index (χ1n) is 8.21. The number of furan rings is 1. The monoisotopic (exact) mass is 421 g/mol. The zero-order valence-electron chi connectivity index (χ0n) is 14.5. The van der Waals surface area contributed by atoms with E-state index in [9.17, 15) is 17.6 Å². The van der Waals surface area contributed by atoms with Gasteiger partial charge in [-0.2, -0.15) is 13.2 Å². The molecule has 0 saturated heterocycles. The molecular weight excluding hydrogens is 410 g/mol. The number of alkyl halides is 3. The molecule has 0 N–H and O–H groups in total. The van der Waals surface area contributed by atoms with Gasteiger partial charge in [0.25, 0.3) is 0 Å². The fourth-order valence-corrected chi connectivity index (χ4v) is 3.27. The fourth-order valence-electron chi connectivity index (χ4n) is 2.53. The Bertz CT molecular complexity index is 1110. The van der Waals surface area contributed by atoms with Crippen LogP contribution in [0.1, 0.15) is 11.5 Å². The van der Waals surface area contributed by atoms with E-state index in [1.165, 1.54) is 18.4 Å². The standard InChI is InChI=1S/C18H11F4N5OS/c19-13-6-2-1-5-12(13)16-25-26-17(27(16)10-11-4-3-9-28-11)29-15-8-7-14(23-24-15)18(20,21)22/h1-9H,10H2. The molecular formula is C18H11F4N5OS. The average Bonchev–Trinajstić information content (AvgIpc) is 3.33. The minimum Gasteiger partial charge on any atom is -0.467 e. The van der Waals surface area contributed by atoms with Crippen LogP contribution in [0.3, 0.4) is 0 Å². The van der Waals surface area contributed by atoms with Crippen LogP contribution < -0.4 is 0 Å². The third-order valence-corrected chi connectivity index (χ3v) is 4.76. The van der Waals surface area contributed by atoms with Crippen LogP contribution in [0.15, 0.2) is 69.4 Å². The van der Waals surface area contributed by atoms with Gasteiger partial charge in [-0.1, -0.05) is 12.1 Å². The Morgan fingerprint density at radius 1 is 0.931 bits per heavy atom. The van der Waals surface area contributed by atoms with E-state index in [0.29, 0.717) is 10.9 Å². The van der Waals surface area contributed by atoms with Gasteiger partial charge >= 0.3 is 6.18 Å². The molecule has 4 aromatic rings. The summed E-state index contributed by atoms with van der Waals surface area (Å²) >= 11 is 0.961. The molecule has 0 fully saturated rings.